The summed E-state index contributed by atoms with van der Waals surface area (Å²) in [6, 6.07) is 9.98. The third-order valence-electron chi connectivity index (χ3n) is 4.98. The number of halogens is 1. The van der Waals surface area contributed by atoms with Gasteiger partial charge >= 0.3 is 6.03 Å². The van der Waals surface area contributed by atoms with E-state index in [-0.39, 0.29) is 23.5 Å². The van der Waals surface area contributed by atoms with E-state index in [1.54, 1.807) is 37.4 Å². The van der Waals surface area contributed by atoms with Crippen molar-refractivity contribution in [1.29, 1.82) is 0 Å². The molecule has 0 saturated heterocycles. The smallest absolute Gasteiger partial charge is 0.315 e. The van der Waals surface area contributed by atoms with Gasteiger partial charge in [-0.25, -0.2) is 17.9 Å². The van der Waals surface area contributed by atoms with Crippen LogP contribution in [0.3, 0.4) is 0 Å². The van der Waals surface area contributed by atoms with Crippen LogP contribution < -0.4 is 20.1 Å². The lowest BCUT2D eigenvalue weighted by Gasteiger charge is -2.14. The molecule has 2 aromatic carbocycles. The standard InChI is InChI=1S/C21H26ClN3O4S/c1-3-8-24-30(27,28)19-6-4-14-10-18(11-15(14)12-19)25-21(26)23-13-16-9-17(22)5-7-20(16)29-2/h4-7,9,12,18,24H,3,8,10-11,13H2,1-2H3,(H2,23,25,26). The highest BCUT2D eigenvalue weighted by Gasteiger charge is 2.25. The number of hydrogen-bond acceptors (Lipinski definition) is 4. The van der Waals surface area contributed by atoms with Gasteiger partial charge in [0.05, 0.1) is 12.0 Å². The Morgan fingerprint density at radius 2 is 1.93 bits per heavy atom. The van der Waals surface area contributed by atoms with Crippen LogP contribution >= 0.6 is 11.6 Å². The second-order valence-corrected chi connectivity index (χ2v) is 9.42. The lowest BCUT2D eigenvalue weighted by Crippen LogP contribution is -2.42. The molecule has 30 heavy (non-hydrogen) atoms. The minimum Gasteiger partial charge on any atom is -0.496 e. The molecule has 0 heterocycles. The second kappa shape index (κ2) is 9.68. The van der Waals surface area contributed by atoms with E-state index in [1.165, 1.54) is 0 Å². The second-order valence-electron chi connectivity index (χ2n) is 7.22. The topological polar surface area (TPSA) is 96.5 Å². The van der Waals surface area contributed by atoms with Gasteiger partial charge in [-0.15, -0.1) is 0 Å². The van der Waals surface area contributed by atoms with Crippen LogP contribution in [0.2, 0.25) is 5.02 Å². The molecule has 0 spiro atoms. The molecule has 1 aliphatic rings. The summed E-state index contributed by atoms with van der Waals surface area (Å²) in [4.78, 5) is 12.6. The van der Waals surface area contributed by atoms with Gasteiger partial charge in [-0.1, -0.05) is 24.6 Å². The lowest BCUT2D eigenvalue weighted by molar-refractivity contribution is 0.237. The molecular formula is C21H26ClN3O4S. The Labute approximate surface area is 182 Å². The summed E-state index contributed by atoms with van der Waals surface area (Å²) in [5.41, 5.74) is 2.77. The molecule has 1 unspecified atom stereocenters. The van der Waals surface area contributed by atoms with E-state index < -0.39 is 10.0 Å². The lowest BCUT2D eigenvalue weighted by atomic mass is 10.1. The quantitative estimate of drug-likeness (QED) is 0.574. The summed E-state index contributed by atoms with van der Waals surface area (Å²) < 4.78 is 32.5. The number of nitrogens with one attached hydrogen (secondary N) is 3. The zero-order valence-corrected chi connectivity index (χ0v) is 18.6. The van der Waals surface area contributed by atoms with E-state index in [4.69, 9.17) is 16.3 Å². The van der Waals surface area contributed by atoms with Gasteiger partial charge in [0.2, 0.25) is 10.0 Å². The summed E-state index contributed by atoms with van der Waals surface area (Å²) >= 11 is 6.02. The van der Waals surface area contributed by atoms with Crippen LogP contribution in [0.4, 0.5) is 4.79 Å². The number of carbonyl (C=O) groups is 1. The van der Waals surface area contributed by atoms with Crippen molar-refractivity contribution in [2.45, 2.75) is 43.7 Å². The first-order valence-electron chi connectivity index (χ1n) is 9.80. The molecule has 0 aliphatic heterocycles. The summed E-state index contributed by atoms with van der Waals surface area (Å²) in [5.74, 6) is 0.651. The third-order valence-corrected chi connectivity index (χ3v) is 6.67. The van der Waals surface area contributed by atoms with Gasteiger partial charge in [-0.3, -0.25) is 0 Å². The molecular weight excluding hydrogens is 426 g/mol. The number of rotatable bonds is 8. The molecule has 9 heteroatoms. The number of carbonyl (C=O) groups excluding carboxylic acids is 1. The normalized spacial score (nSPS) is 15.5. The van der Waals surface area contributed by atoms with Crippen molar-refractivity contribution in [3.8, 4) is 5.75 Å². The van der Waals surface area contributed by atoms with Crippen molar-refractivity contribution in [2.75, 3.05) is 13.7 Å². The number of urea groups is 1. The summed E-state index contributed by atoms with van der Waals surface area (Å²) in [6.07, 6.45) is 1.97. The Hall–Kier alpha value is -2.29. The first kappa shape index (κ1) is 22.4. The maximum Gasteiger partial charge on any atom is 0.315 e. The zero-order chi connectivity index (χ0) is 21.7. The fourth-order valence-corrected chi connectivity index (χ4v) is 4.86. The van der Waals surface area contributed by atoms with E-state index in [9.17, 15) is 13.2 Å². The van der Waals surface area contributed by atoms with Crippen LogP contribution in [-0.2, 0) is 29.4 Å². The monoisotopic (exact) mass is 451 g/mol. The highest BCUT2D eigenvalue weighted by molar-refractivity contribution is 7.89. The van der Waals surface area contributed by atoms with Crippen molar-refractivity contribution in [1.82, 2.24) is 15.4 Å². The molecule has 7 nitrogen and oxygen atoms in total. The Morgan fingerprint density at radius 1 is 1.17 bits per heavy atom. The number of benzene rings is 2. The summed E-state index contributed by atoms with van der Waals surface area (Å²) in [5, 5.41) is 6.34. The largest absolute Gasteiger partial charge is 0.496 e. The van der Waals surface area contributed by atoms with Crippen LogP contribution in [-0.4, -0.2) is 34.1 Å². The first-order chi connectivity index (χ1) is 14.3. The van der Waals surface area contributed by atoms with Gasteiger partial charge in [0.1, 0.15) is 5.75 Å². The van der Waals surface area contributed by atoms with Gasteiger partial charge in [0.25, 0.3) is 0 Å². The maximum atomic E-state index is 12.4. The van der Waals surface area contributed by atoms with Crippen molar-refractivity contribution >= 4 is 27.7 Å². The Kier molecular flexibility index (Phi) is 7.23. The average Bonchev–Trinajstić information content (AvgIpc) is 3.12. The first-order valence-corrected chi connectivity index (χ1v) is 11.7. The number of hydrogen-bond donors (Lipinski definition) is 3. The molecule has 3 rings (SSSR count). The average molecular weight is 452 g/mol. The van der Waals surface area contributed by atoms with Crippen LogP contribution in [0.1, 0.15) is 30.0 Å². The Morgan fingerprint density at radius 3 is 2.67 bits per heavy atom. The van der Waals surface area contributed by atoms with E-state index in [2.05, 4.69) is 15.4 Å². The van der Waals surface area contributed by atoms with E-state index in [0.29, 0.717) is 30.2 Å². The number of fused-ring (bicyclic) bond motifs is 1. The van der Waals surface area contributed by atoms with Crippen molar-refractivity contribution in [3.63, 3.8) is 0 Å². The summed E-state index contributed by atoms with van der Waals surface area (Å²) in [6.45, 7) is 2.59. The molecule has 0 radical (unpaired) electrons. The number of methoxy groups -OCH3 is 1. The van der Waals surface area contributed by atoms with Crippen molar-refractivity contribution < 1.29 is 17.9 Å². The van der Waals surface area contributed by atoms with Gasteiger partial charge in [0.15, 0.2) is 0 Å². The molecule has 3 N–H and O–H groups in total. The molecule has 2 amide bonds. The van der Waals surface area contributed by atoms with Crippen LogP contribution in [0.25, 0.3) is 0 Å². The Balaban J connectivity index is 1.58. The fraction of sp³-hybridized carbons (Fsp3) is 0.381. The molecule has 0 fully saturated rings. The molecule has 162 valence electrons. The predicted molar refractivity (Wildman–Crippen MR) is 116 cm³/mol. The molecule has 0 bridgehead atoms. The highest BCUT2D eigenvalue weighted by atomic mass is 35.5. The zero-order valence-electron chi connectivity index (χ0n) is 17.0. The Bertz CT molecular complexity index is 1030. The molecule has 0 aromatic heterocycles. The van der Waals surface area contributed by atoms with Crippen molar-refractivity contribution in [2.24, 2.45) is 0 Å². The minimum absolute atomic E-state index is 0.0946. The molecule has 1 aliphatic carbocycles. The predicted octanol–water partition coefficient (Wildman–Crippen LogP) is 3.00. The van der Waals surface area contributed by atoms with Crippen LogP contribution in [0, 0.1) is 0 Å². The van der Waals surface area contributed by atoms with Crippen molar-refractivity contribution in [3.05, 3.63) is 58.1 Å². The SMILES string of the molecule is CCCNS(=O)(=O)c1ccc2c(c1)CC(NC(=O)NCc1cc(Cl)ccc1OC)C2. The highest BCUT2D eigenvalue weighted by Crippen LogP contribution is 2.25. The van der Waals surface area contributed by atoms with Crippen LogP contribution in [0.15, 0.2) is 41.3 Å². The maximum absolute atomic E-state index is 12.4. The number of amides is 2. The van der Waals surface area contributed by atoms with E-state index in [1.807, 2.05) is 13.0 Å². The molecule has 1 atom stereocenters. The number of ether oxygens (including phenoxy) is 1. The number of sulfonamides is 1. The fourth-order valence-electron chi connectivity index (χ4n) is 3.48. The van der Waals surface area contributed by atoms with Crippen LogP contribution in [0.5, 0.6) is 5.75 Å². The van der Waals surface area contributed by atoms with Gasteiger partial charge < -0.3 is 15.4 Å². The minimum atomic E-state index is -3.51. The summed E-state index contributed by atoms with van der Waals surface area (Å²) in [7, 11) is -1.94. The van der Waals surface area contributed by atoms with E-state index in [0.717, 1.165) is 23.1 Å². The van der Waals surface area contributed by atoms with Gasteiger partial charge in [0, 0.05) is 29.7 Å². The molecule has 2 aromatic rings. The van der Waals surface area contributed by atoms with E-state index >= 15 is 0 Å². The van der Waals surface area contributed by atoms with Gasteiger partial charge in [-0.2, -0.15) is 0 Å². The molecule has 0 saturated carbocycles. The van der Waals surface area contributed by atoms with Gasteiger partial charge in [-0.05, 0) is 60.7 Å². The third kappa shape index (κ3) is 5.44.